The van der Waals surface area contributed by atoms with Crippen molar-refractivity contribution in [2.75, 3.05) is 31.2 Å². The third kappa shape index (κ3) is 5.95. The molecule has 3 amide bonds. The van der Waals surface area contributed by atoms with Crippen LogP contribution < -0.4 is 10.6 Å². The monoisotopic (exact) mass is 464 g/mol. The van der Waals surface area contributed by atoms with Gasteiger partial charge in [0.25, 0.3) is 5.91 Å². The third-order valence-corrected chi connectivity index (χ3v) is 6.03. The van der Waals surface area contributed by atoms with Crippen molar-refractivity contribution in [1.29, 1.82) is 0 Å². The number of halogens is 2. The van der Waals surface area contributed by atoms with Gasteiger partial charge in [-0.05, 0) is 55.3 Å². The van der Waals surface area contributed by atoms with Gasteiger partial charge in [-0.1, -0.05) is 11.6 Å². The number of likely N-dealkylation sites (tertiary alicyclic amines) is 1. The number of nitrogens with zero attached hydrogens (tertiary/aromatic N) is 2. The molecule has 1 saturated heterocycles. The average Bonchev–Trinajstić information content (AvgIpc) is 2.79. The Balaban J connectivity index is 1.45. The second kappa shape index (κ2) is 10.6. The number of hydrogen-bond donors (Lipinski definition) is 2. The van der Waals surface area contributed by atoms with E-state index in [0.29, 0.717) is 30.2 Å². The molecule has 31 heavy (non-hydrogen) atoms. The molecule has 7 nitrogen and oxygen atoms in total. The van der Waals surface area contributed by atoms with E-state index in [2.05, 4.69) is 15.6 Å². The van der Waals surface area contributed by atoms with E-state index in [-0.39, 0.29) is 22.5 Å². The summed E-state index contributed by atoms with van der Waals surface area (Å²) in [6.45, 7) is 1.48. The maximum absolute atomic E-state index is 13.2. The van der Waals surface area contributed by atoms with Crippen molar-refractivity contribution in [3.8, 4) is 0 Å². The molecule has 1 fully saturated rings. The zero-order valence-corrected chi connectivity index (χ0v) is 18.4. The molecule has 0 unspecified atom stereocenters. The average molecular weight is 465 g/mol. The van der Waals surface area contributed by atoms with Crippen molar-refractivity contribution < 1.29 is 18.8 Å². The molecule has 0 spiro atoms. The van der Waals surface area contributed by atoms with Gasteiger partial charge in [-0.15, -0.1) is 11.8 Å². The molecule has 10 heteroatoms. The topological polar surface area (TPSA) is 91.4 Å². The predicted molar refractivity (Wildman–Crippen MR) is 118 cm³/mol. The normalized spacial score (nSPS) is 14.2. The molecule has 1 aromatic heterocycles. The van der Waals surface area contributed by atoms with Crippen LogP contribution in [0.3, 0.4) is 0 Å². The molecule has 0 saturated carbocycles. The van der Waals surface area contributed by atoms with Gasteiger partial charge in [0, 0.05) is 31.5 Å². The van der Waals surface area contributed by atoms with Gasteiger partial charge in [0.1, 0.15) is 10.8 Å². The van der Waals surface area contributed by atoms with Crippen LogP contribution in [0, 0.1) is 11.7 Å². The van der Waals surface area contributed by atoms with Crippen molar-refractivity contribution in [2.24, 2.45) is 5.92 Å². The van der Waals surface area contributed by atoms with Crippen LogP contribution >= 0.6 is 23.4 Å². The summed E-state index contributed by atoms with van der Waals surface area (Å²) in [7, 11) is 0. The van der Waals surface area contributed by atoms with Crippen molar-refractivity contribution in [1.82, 2.24) is 15.2 Å². The van der Waals surface area contributed by atoms with Crippen LogP contribution in [0.5, 0.6) is 0 Å². The summed E-state index contributed by atoms with van der Waals surface area (Å²) in [6.07, 6.45) is 4.99. The molecule has 2 heterocycles. The molecular formula is C21H22ClFN4O3S. The van der Waals surface area contributed by atoms with Gasteiger partial charge >= 0.3 is 11.8 Å². The van der Waals surface area contributed by atoms with Crippen molar-refractivity contribution in [3.63, 3.8) is 0 Å². The van der Waals surface area contributed by atoms with Gasteiger partial charge < -0.3 is 15.5 Å². The standard InChI is InChI=1S/C21H22ClFN4O3S/c1-31-20-15(3-2-8-24-20)21(30)27-9-6-13(7-10-27)12-25-18(28)19(29)26-14-4-5-17(23)16(22)11-14/h2-5,8,11,13H,6-7,9-10,12H2,1H3,(H,25,28)(H,26,29). The Labute approximate surface area is 188 Å². The third-order valence-electron chi connectivity index (χ3n) is 5.03. The Morgan fingerprint density at radius 3 is 2.65 bits per heavy atom. The van der Waals surface area contributed by atoms with E-state index in [1.807, 2.05) is 6.26 Å². The molecule has 0 aliphatic carbocycles. The Morgan fingerprint density at radius 1 is 1.23 bits per heavy atom. The minimum absolute atomic E-state index is 0.0442. The van der Waals surface area contributed by atoms with Crippen LogP contribution in [-0.4, -0.2) is 53.5 Å². The number of pyridine rings is 1. The lowest BCUT2D eigenvalue weighted by Gasteiger charge is -2.32. The molecule has 1 aromatic carbocycles. The minimum atomic E-state index is -0.850. The molecule has 1 aliphatic rings. The van der Waals surface area contributed by atoms with Gasteiger partial charge in [-0.25, -0.2) is 9.37 Å². The highest BCUT2D eigenvalue weighted by Crippen LogP contribution is 2.23. The number of piperidine rings is 1. The molecule has 0 atom stereocenters. The zero-order valence-electron chi connectivity index (χ0n) is 16.9. The van der Waals surface area contributed by atoms with Crippen molar-refractivity contribution in [2.45, 2.75) is 17.9 Å². The summed E-state index contributed by atoms with van der Waals surface area (Å²) in [5, 5.41) is 5.56. The summed E-state index contributed by atoms with van der Waals surface area (Å²) in [4.78, 5) is 42.9. The molecular weight excluding hydrogens is 443 g/mol. The number of benzene rings is 1. The number of carbonyl (C=O) groups excluding carboxylic acids is 3. The second-order valence-corrected chi connectivity index (χ2v) is 8.29. The van der Waals surface area contributed by atoms with Gasteiger partial charge in [-0.2, -0.15) is 0 Å². The number of anilines is 1. The fourth-order valence-electron chi connectivity index (χ4n) is 3.31. The van der Waals surface area contributed by atoms with E-state index in [0.717, 1.165) is 18.9 Å². The summed E-state index contributed by atoms with van der Waals surface area (Å²) < 4.78 is 13.2. The van der Waals surface area contributed by atoms with Gasteiger partial charge in [0.05, 0.1) is 10.6 Å². The van der Waals surface area contributed by atoms with Gasteiger partial charge in [-0.3, -0.25) is 14.4 Å². The Morgan fingerprint density at radius 2 is 1.97 bits per heavy atom. The van der Waals surface area contributed by atoms with E-state index in [9.17, 15) is 18.8 Å². The predicted octanol–water partition coefficient (Wildman–Crippen LogP) is 3.20. The molecule has 0 bridgehead atoms. The summed E-state index contributed by atoms with van der Waals surface area (Å²) in [6, 6.07) is 7.20. The number of aromatic nitrogens is 1. The first-order valence-corrected chi connectivity index (χ1v) is 11.3. The van der Waals surface area contributed by atoms with Crippen molar-refractivity contribution >= 4 is 46.8 Å². The number of thioether (sulfide) groups is 1. The molecule has 2 aromatic rings. The van der Waals surface area contributed by atoms with E-state index in [1.54, 1.807) is 23.2 Å². The van der Waals surface area contributed by atoms with Gasteiger partial charge in [0.2, 0.25) is 0 Å². The van der Waals surface area contributed by atoms with Crippen LogP contribution in [-0.2, 0) is 9.59 Å². The summed E-state index contributed by atoms with van der Waals surface area (Å²) in [5.74, 6) is -2.12. The number of nitrogens with one attached hydrogen (secondary N) is 2. The lowest BCUT2D eigenvalue weighted by Crippen LogP contribution is -2.43. The molecule has 2 N–H and O–H groups in total. The van der Waals surface area contributed by atoms with Gasteiger partial charge in [0.15, 0.2) is 0 Å². The second-order valence-electron chi connectivity index (χ2n) is 7.09. The molecule has 1 aliphatic heterocycles. The minimum Gasteiger partial charge on any atom is -0.348 e. The Hall–Kier alpha value is -2.65. The maximum atomic E-state index is 13.2. The quantitative estimate of drug-likeness (QED) is 0.523. The first-order valence-electron chi connectivity index (χ1n) is 9.71. The summed E-state index contributed by atoms with van der Waals surface area (Å²) >= 11 is 7.10. The van der Waals surface area contributed by atoms with Crippen LogP contribution in [0.25, 0.3) is 0 Å². The number of rotatable bonds is 5. The Bertz CT molecular complexity index is 983. The number of hydrogen-bond acceptors (Lipinski definition) is 5. The van der Waals surface area contributed by atoms with Crippen LogP contribution in [0.2, 0.25) is 5.02 Å². The fraction of sp³-hybridized carbons (Fsp3) is 0.333. The lowest BCUT2D eigenvalue weighted by atomic mass is 9.96. The largest absolute Gasteiger partial charge is 0.348 e. The zero-order chi connectivity index (χ0) is 22.4. The number of carbonyl (C=O) groups is 3. The highest BCUT2D eigenvalue weighted by atomic mass is 35.5. The first-order chi connectivity index (χ1) is 14.9. The SMILES string of the molecule is CSc1ncccc1C(=O)N1CCC(CNC(=O)C(=O)Nc2ccc(F)c(Cl)c2)CC1. The van der Waals surface area contributed by atoms with E-state index in [1.165, 1.54) is 23.9 Å². The lowest BCUT2D eigenvalue weighted by molar-refractivity contribution is -0.136. The number of amides is 3. The van der Waals surface area contributed by atoms with Crippen LogP contribution in [0.15, 0.2) is 41.6 Å². The molecule has 0 radical (unpaired) electrons. The fourth-order valence-corrected chi connectivity index (χ4v) is 4.03. The summed E-state index contributed by atoms with van der Waals surface area (Å²) in [5.41, 5.74) is 0.831. The Kier molecular flexibility index (Phi) is 7.86. The first kappa shape index (κ1) is 23.0. The maximum Gasteiger partial charge on any atom is 0.313 e. The smallest absolute Gasteiger partial charge is 0.313 e. The van der Waals surface area contributed by atoms with E-state index >= 15 is 0 Å². The molecule has 164 valence electrons. The van der Waals surface area contributed by atoms with Crippen molar-refractivity contribution in [3.05, 3.63) is 52.9 Å². The van der Waals surface area contributed by atoms with Crippen LogP contribution in [0.4, 0.5) is 10.1 Å². The highest BCUT2D eigenvalue weighted by molar-refractivity contribution is 7.98. The van der Waals surface area contributed by atoms with E-state index in [4.69, 9.17) is 11.6 Å². The van der Waals surface area contributed by atoms with Crippen LogP contribution in [0.1, 0.15) is 23.2 Å². The molecule has 3 rings (SSSR count). The van der Waals surface area contributed by atoms with E-state index < -0.39 is 17.6 Å². The highest BCUT2D eigenvalue weighted by Gasteiger charge is 2.26.